The van der Waals surface area contributed by atoms with Crippen molar-refractivity contribution < 1.29 is 4.39 Å². The summed E-state index contributed by atoms with van der Waals surface area (Å²) < 4.78 is 13.9. The zero-order valence-electron chi connectivity index (χ0n) is 17.3. The molecule has 0 radical (unpaired) electrons. The number of benzene rings is 2. The molecule has 1 unspecified atom stereocenters. The lowest BCUT2D eigenvalue weighted by atomic mass is 9.72. The number of aromatic amines is 1. The largest absolute Gasteiger partial charge is 0.342 e. The fraction of sp³-hybridized carbons (Fsp3) is 0.385. The number of pyridine rings is 1. The summed E-state index contributed by atoms with van der Waals surface area (Å²) in [4.78, 5) is 13.0. The van der Waals surface area contributed by atoms with Crippen LogP contribution < -0.4 is 0 Å². The van der Waals surface area contributed by atoms with Crippen LogP contribution in [0.5, 0.6) is 0 Å². The maximum Gasteiger partial charge on any atom is 0.123 e. The molecule has 2 aliphatic carbocycles. The highest BCUT2D eigenvalue weighted by atomic mass is 35.5. The molecule has 0 aliphatic heterocycles. The number of imidazole rings is 1. The SMILES string of the molecule is Fc1ccc2nccc(C3CCC(C(c4nc5ccc(Cl)cc5[nH]4)C4CC4)CC3)c2c1. The number of rotatable bonds is 4. The fourth-order valence-electron chi connectivity index (χ4n) is 5.73. The van der Waals surface area contributed by atoms with Gasteiger partial charge in [-0.2, -0.15) is 0 Å². The molecule has 158 valence electrons. The Balaban J connectivity index is 1.25. The summed E-state index contributed by atoms with van der Waals surface area (Å²) in [5.41, 5.74) is 4.18. The topological polar surface area (TPSA) is 41.6 Å². The molecule has 2 aliphatic rings. The average molecular weight is 434 g/mol. The third-order valence-corrected chi connectivity index (χ3v) is 7.60. The van der Waals surface area contributed by atoms with Gasteiger partial charge in [-0.05, 0) is 104 Å². The van der Waals surface area contributed by atoms with Gasteiger partial charge in [-0.15, -0.1) is 0 Å². The van der Waals surface area contributed by atoms with E-state index in [1.165, 1.54) is 37.3 Å². The van der Waals surface area contributed by atoms with Crippen LogP contribution in [0.2, 0.25) is 5.02 Å². The third-order valence-electron chi connectivity index (χ3n) is 7.36. The van der Waals surface area contributed by atoms with Gasteiger partial charge in [0.25, 0.3) is 0 Å². The Kier molecular flexibility index (Phi) is 4.71. The molecule has 2 aromatic heterocycles. The summed E-state index contributed by atoms with van der Waals surface area (Å²) in [5, 5.41) is 1.71. The predicted octanol–water partition coefficient (Wildman–Crippen LogP) is 7.37. The van der Waals surface area contributed by atoms with E-state index in [0.29, 0.717) is 17.8 Å². The van der Waals surface area contributed by atoms with Crippen LogP contribution in [0.25, 0.3) is 21.9 Å². The van der Waals surface area contributed by atoms with Crippen molar-refractivity contribution in [2.75, 3.05) is 0 Å². The van der Waals surface area contributed by atoms with E-state index in [2.05, 4.69) is 16.0 Å². The molecule has 2 aromatic carbocycles. The molecule has 0 saturated heterocycles. The van der Waals surface area contributed by atoms with Crippen molar-refractivity contribution in [1.82, 2.24) is 15.0 Å². The van der Waals surface area contributed by atoms with Crippen LogP contribution in [0, 0.1) is 17.7 Å². The van der Waals surface area contributed by atoms with E-state index in [1.54, 1.807) is 12.1 Å². The summed E-state index contributed by atoms with van der Waals surface area (Å²) in [6.07, 6.45) is 9.11. The molecule has 2 saturated carbocycles. The number of nitrogens with zero attached hydrogens (tertiary/aromatic N) is 2. The minimum absolute atomic E-state index is 0.186. The number of halogens is 2. The summed E-state index contributed by atoms with van der Waals surface area (Å²) >= 11 is 6.18. The Morgan fingerprint density at radius 3 is 2.42 bits per heavy atom. The molecule has 2 fully saturated rings. The maximum absolute atomic E-state index is 13.9. The molecule has 6 rings (SSSR count). The monoisotopic (exact) mass is 433 g/mol. The van der Waals surface area contributed by atoms with Crippen molar-refractivity contribution >= 4 is 33.5 Å². The molecule has 4 aromatic rings. The van der Waals surface area contributed by atoms with Gasteiger partial charge >= 0.3 is 0 Å². The number of hydrogen-bond donors (Lipinski definition) is 1. The maximum atomic E-state index is 13.9. The normalized spacial score (nSPS) is 22.8. The third kappa shape index (κ3) is 3.61. The molecule has 0 spiro atoms. The summed E-state index contributed by atoms with van der Waals surface area (Å²) in [6.45, 7) is 0. The molecule has 3 nitrogen and oxygen atoms in total. The van der Waals surface area contributed by atoms with Crippen LogP contribution in [-0.2, 0) is 0 Å². The first-order chi connectivity index (χ1) is 15.2. The molecule has 5 heteroatoms. The number of H-pyrrole nitrogens is 1. The van der Waals surface area contributed by atoms with Crippen molar-refractivity contribution in [3.8, 4) is 0 Å². The smallest absolute Gasteiger partial charge is 0.123 e. The molecular weight excluding hydrogens is 409 g/mol. The molecular formula is C26H25ClFN3. The Morgan fingerprint density at radius 2 is 1.65 bits per heavy atom. The van der Waals surface area contributed by atoms with Gasteiger partial charge in [0.15, 0.2) is 0 Å². The quantitative estimate of drug-likeness (QED) is 0.365. The van der Waals surface area contributed by atoms with E-state index in [9.17, 15) is 4.39 Å². The first-order valence-electron chi connectivity index (χ1n) is 11.3. The minimum atomic E-state index is -0.186. The zero-order valence-corrected chi connectivity index (χ0v) is 18.1. The van der Waals surface area contributed by atoms with Gasteiger partial charge in [0.2, 0.25) is 0 Å². The van der Waals surface area contributed by atoms with Crippen molar-refractivity contribution in [2.24, 2.45) is 11.8 Å². The van der Waals surface area contributed by atoms with E-state index in [0.717, 1.165) is 51.5 Å². The van der Waals surface area contributed by atoms with E-state index >= 15 is 0 Å². The second kappa shape index (κ2) is 7.59. The zero-order chi connectivity index (χ0) is 20.9. The number of fused-ring (bicyclic) bond motifs is 2. The highest BCUT2D eigenvalue weighted by Gasteiger charge is 2.41. The lowest BCUT2D eigenvalue weighted by Gasteiger charge is -2.34. The van der Waals surface area contributed by atoms with Gasteiger partial charge in [0.05, 0.1) is 16.6 Å². The molecule has 0 bridgehead atoms. The van der Waals surface area contributed by atoms with Crippen LogP contribution in [0.1, 0.15) is 61.7 Å². The lowest BCUT2D eigenvalue weighted by Crippen LogP contribution is -2.22. The molecule has 0 amide bonds. The average Bonchev–Trinajstić information content (AvgIpc) is 3.52. The second-order valence-electron chi connectivity index (χ2n) is 9.32. The van der Waals surface area contributed by atoms with Gasteiger partial charge in [0.1, 0.15) is 11.6 Å². The first-order valence-corrected chi connectivity index (χ1v) is 11.7. The van der Waals surface area contributed by atoms with Crippen molar-refractivity contribution in [3.05, 3.63) is 70.9 Å². The minimum Gasteiger partial charge on any atom is -0.342 e. The van der Waals surface area contributed by atoms with E-state index in [4.69, 9.17) is 16.6 Å². The van der Waals surface area contributed by atoms with Crippen LogP contribution in [0.4, 0.5) is 4.39 Å². The second-order valence-corrected chi connectivity index (χ2v) is 9.76. The van der Waals surface area contributed by atoms with Gasteiger partial charge < -0.3 is 4.98 Å². The Morgan fingerprint density at radius 1 is 0.903 bits per heavy atom. The van der Waals surface area contributed by atoms with Gasteiger partial charge in [-0.25, -0.2) is 9.37 Å². The summed E-state index contributed by atoms with van der Waals surface area (Å²) in [6, 6.07) is 12.9. The van der Waals surface area contributed by atoms with Crippen LogP contribution in [-0.4, -0.2) is 15.0 Å². The van der Waals surface area contributed by atoms with E-state index < -0.39 is 0 Å². The Hall–Kier alpha value is -2.46. The van der Waals surface area contributed by atoms with Gasteiger partial charge in [0, 0.05) is 22.5 Å². The summed E-state index contributed by atoms with van der Waals surface area (Å²) in [7, 11) is 0. The van der Waals surface area contributed by atoms with E-state index in [1.807, 2.05) is 24.4 Å². The standard InChI is InChI=1S/C26H25ClFN3/c27-18-7-9-23-24(13-18)31-26(30-23)25(17-5-6-17)16-3-1-15(2-4-16)20-11-12-29-22-10-8-19(28)14-21(20)22/h7-17,25H,1-6H2,(H,30,31). The molecule has 1 N–H and O–H groups in total. The highest BCUT2D eigenvalue weighted by molar-refractivity contribution is 6.31. The Labute approximate surface area is 186 Å². The van der Waals surface area contributed by atoms with Gasteiger partial charge in [-0.3, -0.25) is 4.98 Å². The number of aromatic nitrogens is 3. The van der Waals surface area contributed by atoms with Crippen LogP contribution >= 0.6 is 11.6 Å². The number of hydrogen-bond acceptors (Lipinski definition) is 2. The highest BCUT2D eigenvalue weighted by Crippen LogP contribution is 2.51. The number of nitrogens with one attached hydrogen (secondary N) is 1. The molecule has 2 heterocycles. The lowest BCUT2D eigenvalue weighted by molar-refractivity contribution is 0.259. The van der Waals surface area contributed by atoms with Crippen molar-refractivity contribution in [2.45, 2.75) is 50.4 Å². The summed E-state index contributed by atoms with van der Waals surface area (Å²) in [5.74, 6) is 3.31. The first kappa shape index (κ1) is 19.2. The predicted molar refractivity (Wildman–Crippen MR) is 123 cm³/mol. The van der Waals surface area contributed by atoms with Crippen molar-refractivity contribution in [1.29, 1.82) is 0 Å². The fourth-order valence-corrected chi connectivity index (χ4v) is 5.90. The van der Waals surface area contributed by atoms with Crippen LogP contribution in [0.15, 0.2) is 48.7 Å². The molecule has 1 atom stereocenters. The van der Waals surface area contributed by atoms with Gasteiger partial charge in [-0.1, -0.05) is 11.6 Å². The Bertz CT molecular complexity index is 1250. The van der Waals surface area contributed by atoms with Crippen molar-refractivity contribution in [3.63, 3.8) is 0 Å². The molecule has 31 heavy (non-hydrogen) atoms. The van der Waals surface area contributed by atoms with E-state index in [-0.39, 0.29) is 5.82 Å². The van der Waals surface area contributed by atoms with Crippen LogP contribution in [0.3, 0.4) is 0 Å².